The van der Waals surface area contributed by atoms with Crippen LogP contribution < -0.4 is 5.32 Å². The van der Waals surface area contributed by atoms with Gasteiger partial charge in [-0.05, 0) is 66.8 Å². The predicted octanol–water partition coefficient (Wildman–Crippen LogP) is 3.93. The van der Waals surface area contributed by atoms with Crippen molar-refractivity contribution in [2.75, 3.05) is 5.32 Å². The minimum Gasteiger partial charge on any atom is -0.508 e. The van der Waals surface area contributed by atoms with Crippen molar-refractivity contribution in [3.05, 3.63) is 58.1 Å². The van der Waals surface area contributed by atoms with Crippen molar-refractivity contribution in [2.24, 2.45) is 0 Å². The topological polar surface area (TPSA) is 32.3 Å². The third kappa shape index (κ3) is 2.54. The van der Waals surface area contributed by atoms with Gasteiger partial charge in [-0.2, -0.15) is 0 Å². The van der Waals surface area contributed by atoms with Crippen LogP contribution in [0, 0.1) is 6.92 Å². The highest BCUT2D eigenvalue weighted by Crippen LogP contribution is 2.28. The Labute approximate surface area is 118 Å². The Bertz CT molecular complexity index is 624. The van der Waals surface area contributed by atoms with E-state index in [2.05, 4.69) is 17.4 Å². The molecular weight excluding hydrogens is 258 g/mol. The minimum atomic E-state index is 0.340. The number of aromatic hydroxyl groups is 1. The van der Waals surface area contributed by atoms with E-state index < -0.39 is 0 Å². The molecule has 0 aromatic heterocycles. The third-order valence-corrected chi connectivity index (χ3v) is 3.90. The van der Waals surface area contributed by atoms with Crippen LogP contribution >= 0.6 is 11.6 Å². The van der Waals surface area contributed by atoms with Crippen LogP contribution in [0.25, 0.3) is 0 Å². The SMILES string of the molecule is Cc1cc(NC2Cc3ccc(Cl)cc3C2)ccc1O. The van der Waals surface area contributed by atoms with Crippen molar-refractivity contribution in [1.82, 2.24) is 0 Å². The monoisotopic (exact) mass is 273 g/mol. The van der Waals surface area contributed by atoms with Gasteiger partial charge in [-0.3, -0.25) is 0 Å². The van der Waals surface area contributed by atoms with Gasteiger partial charge >= 0.3 is 0 Å². The van der Waals surface area contributed by atoms with Crippen LogP contribution in [0.2, 0.25) is 5.02 Å². The quantitative estimate of drug-likeness (QED) is 0.813. The average Bonchev–Trinajstić information content (AvgIpc) is 2.75. The summed E-state index contributed by atoms with van der Waals surface area (Å²) in [6.07, 6.45) is 2.02. The lowest BCUT2D eigenvalue weighted by Gasteiger charge is -2.14. The second-order valence-corrected chi connectivity index (χ2v) is 5.60. The maximum atomic E-state index is 9.53. The molecule has 0 spiro atoms. The van der Waals surface area contributed by atoms with E-state index >= 15 is 0 Å². The number of phenolic OH excluding ortho intramolecular Hbond substituents is 1. The lowest BCUT2D eigenvalue weighted by molar-refractivity contribution is 0.471. The number of phenols is 1. The second kappa shape index (κ2) is 4.78. The molecular formula is C16H16ClNO. The summed E-state index contributed by atoms with van der Waals surface area (Å²) >= 11 is 6.02. The fourth-order valence-electron chi connectivity index (χ4n) is 2.67. The van der Waals surface area contributed by atoms with E-state index in [0.29, 0.717) is 11.8 Å². The Kier molecular flexibility index (Phi) is 3.11. The number of hydrogen-bond acceptors (Lipinski definition) is 2. The van der Waals surface area contributed by atoms with E-state index in [0.717, 1.165) is 29.1 Å². The van der Waals surface area contributed by atoms with Crippen molar-refractivity contribution in [3.8, 4) is 5.75 Å². The highest BCUT2D eigenvalue weighted by atomic mass is 35.5. The van der Waals surface area contributed by atoms with Gasteiger partial charge in [-0.25, -0.2) is 0 Å². The number of fused-ring (bicyclic) bond motifs is 1. The van der Waals surface area contributed by atoms with E-state index in [1.165, 1.54) is 11.1 Å². The number of rotatable bonds is 2. The fourth-order valence-corrected chi connectivity index (χ4v) is 2.86. The molecule has 0 fully saturated rings. The highest BCUT2D eigenvalue weighted by molar-refractivity contribution is 6.30. The van der Waals surface area contributed by atoms with Crippen LogP contribution in [-0.2, 0) is 12.8 Å². The number of anilines is 1. The summed E-state index contributed by atoms with van der Waals surface area (Å²) in [5.41, 5.74) is 4.65. The van der Waals surface area contributed by atoms with Crippen LogP contribution in [0.5, 0.6) is 5.75 Å². The molecule has 2 aromatic rings. The van der Waals surface area contributed by atoms with Crippen LogP contribution in [0.15, 0.2) is 36.4 Å². The van der Waals surface area contributed by atoms with Gasteiger partial charge in [0.05, 0.1) is 0 Å². The Balaban J connectivity index is 1.75. The lowest BCUT2D eigenvalue weighted by atomic mass is 10.1. The van der Waals surface area contributed by atoms with Crippen molar-refractivity contribution in [1.29, 1.82) is 0 Å². The first kappa shape index (κ1) is 12.4. The molecule has 19 heavy (non-hydrogen) atoms. The molecule has 1 unspecified atom stereocenters. The Hall–Kier alpha value is -1.67. The molecule has 2 aromatic carbocycles. The first-order valence-corrected chi connectivity index (χ1v) is 6.83. The molecule has 1 aliphatic carbocycles. The standard InChI is InChI=1S/C16H16ClNO/c1-10-6-14(4-5-16(10)19)18-15-8-11-2-3-13(17)7-12(11)9-15/h2-7,15,18-19H,8-9H2,1H3. The van der Waals surface area contributed by atoms with Gasteiger partial charge in [-0.1, -0.05) is 17.7 Å². The van der Waals surface area contributed by atoms with Crippen molar-refractivity contribution < 1.29 is 5.11 Å². The largest absolute Gasteiger partial charge is 0.508 e. The van der Waals surface area contributed by atoms with Crippen molar-refractivity contribution in [3.63, 3.8) is 0 Å². The average molecular weight is 274 g/mol. The molecule has 0 saturated carbocycles. The molecule has 3 heteroatoms. The van der Waals surface area contributed by atoms with Gasteiger partial charge in [0.15, 0.2) is 0 Å². The van der Waals surface area contributed by atoms with E-state index in [9.17, 15) is 5.11 Å². The molecule has 1 aliphatic rings. The summed E-state index contributed by atoms with van der Waals surface area (Å²) in [6.45, 7) is 1.91. The van der Waals surface area contributed by atoms with Crippen molar-refractivity contribution >= 4 is 17.3 Å². The summed E-state index contributed by atoms with van der Waals surface area (Å²) in [7, 11) is 0. The van der Waals surface area contributed by atoms with E-state index in [1.54, 1.807) is 6.07 Å². The molecule has 0 saturated heterocycles. The molecule has 3 rings (SSSR count). The molecule has 98 valence electrons. The fraction of sp³-hybridized carbons (Fsp3) is 0.250. The predicted molar refractivity (Wildman–Crippen MR) is 79.1 cm³/mol. The van der Waals surface area contributed by atoms with Crippen LogP contribution in [0.4, 0.5) is 5.69 Å². The normalized spacial score (nSPS) is 17.3. The van der Waals surface area contributed by atoms with Crippen LogP contribution in [0.3, 0.4) is 0 Å². The Morgan fingerprint density at radius 3 is 2.68 bits per heavy atom. The van der Waals surface area contributed by atoms with E-state index in [1.807, 2.05) is 25.1 Å². The first-order chi connectivity index (χ1) is 9.11. The molecule has 0 heterocycles. The number of halogens is 1. The second-order valence-electron chi connectivity index (χ2n) is 5.16. The molecule has 1 atom stereocenters. The molecule has 0 amide bonds. The van der Waals surface area contributed by atoms with Crippen LogP contribution in [0.1, 0.15) is 16.7 Å². The van der Waals surface area contributed by atoms with Gasteiger partial charge in [0.25, 0.3) is 0 Å². The zero-order valence-corrected chi connectivity index (χ0v) is 11.5. The van der Waals surface area contributed by atoms with Crippen LogP contribution in [-0.4, -0.2) is 11.1 Å². The minimum absolute atomic E-state index is 0.340. The summed E-state index contributed by atoms with van der Waals surface area (Å²) in [6, 6.07) is 12.1. The third-order valence-electron chi connectivity index (χ3n) is 3.67. The zero-order chi connectivity index (χ0) is 13.4. The van der Waals surface area contributed by atoms with Gasteiger partial charge in [-0.15, -0.1) is 0 Å². The van der Waals surface area contributed by atoms with E-state index in [-0.39, 0.29) is 0 Å². The Morgan fingerprint density at radius 2 is 1.89 bits per heavy atom. The molecule has 2 N–H and O–H groups in total. The summed E-state index contributed by atoms with van der Waals surface area (Å²) in [5.74, 6) is 0.340. The number of nitrogens with one attached hydrogen (secondary N) is 1. The van der Waals surface area contributed by atoms with Gasteiger partial charge in [0.1, 0.15) is 5.75 Å². The first-order valence-electron chi connectivity index (χ1n) is 6.45. The molecule has 0 aliphatic heterocycles. The van der Waals surface area contributed by atoms with E-state index in [4.69, 9.17) is 11.6 Å². The summed E-state index contributed by atoms with van der Waals surface area (Å²) in [5, 5.41) is 13.9. The molecule has 2 nitrogen and oxygen atoms in total. The number of hydrogen-bond donors (Lipinski definition) is 2. The zero-order valence-electron chi connectivity index (χ0n) is 10.8. The highest BCUT2D eigenvalue weighted by Gasteiger charge is 2.21. The maximum Gasteiger partial charge on any atom is 0.118 e. The number of aryl methyl sites for hydroxylation is 1. The van der Waals surface area contributed by atoms with Gasteiger partial charge < -0.3 is 10.4 Å². The Morgan fingerprint density at radius 1 is 1.11 bits per heavy atom. The van der Waals surface area contributed by atoms with Gasteiger partial charge in [0, 0.05) is 16.8 Å². The van der Waals surface area contributed by atoms with Crippen molar-refractivity contribution in [2.45, 2.75) is 25.8 Å². The number of benzene rings is 2. The summed E-state index contributed by atoms with van der Waals surface area (Å²) < 4.78 is 0. The smallest absolute Gasteiger partial charge is 0.118 e. The van der Waals surface area contributed by atoms with Gasteiger partial charge in [0.2, 0.25) is 0 Å². The molecule has 0 bridgehead atoms. The molecule has 0 radical (unpaired) electrons. The summed E-state index contributed by atoms with van der Waals surface area (Å²) in [4.78, 5) is 0. The maximum absolute atomic E-state index is 9.53. The lowest BCUT2D eigenvalue weighted by Crippen LogP contribution is -2.19.